The van der Waals surface area contributed by atoms with E-state index < -0.39 is 5.82 Å². The lowest BCUT2D eigenvalue weighted by atomic mass is 10.3. The van der Waals surface area contributed by atoms with Crippen molar-refractivity contribution in [2.75, 3.05) is 11.1 Å². The number of aromatic nitrogens is 2. The Morgan fingerprint density at radius 3 is 2.86 bits per heavy atom. The number of rotatable bonds is 4. The number of nitriles is 1. The van der Waals surface area contributed by atoms with Crippen LogP contribution >= 0.6 is 11.8 Å². The number of halogens is 1. The summed E-state index contributed by atoms with van der Waals surface area (Å²) in [5, 5.41) is 12.2. The second kappa shape index (κ2) is 7.00. The van der Waals surface area contributed by atoms with Crippen molar-refractivity contribution in [2.24, 2.45) is 0 Å². The van der Waals surface area contributed by atoms with E-state index >= 15 is 0 Å². The molecule has 5 nitrogen and oxygen atoms in total. The van der Waals surface area contributed by atoms with Crippen LogP contribution in [0, 0.1) is 31.0 Å². The van der Waals surface area contributed by atoms with Gasteiger partial charge >= 0.3 is 0 Å². The molecule has 0 aliphatic heterocycles. The Bertz CT molecular complexity index is 758. The van der Waals surface area contributed by atoms with Crippen LogP contribution in [0.2, 0.25) is 0 Å². The molecule has 0 bridgehead atoms. The number of hydrogen-bond donors (Lipinski definition) is 1. The average Bonchev–Trinajstić information content (AvgIpc) is 2.44. The number of thioether (sulfide) groups is 1. The first-order chi connectivity index (χ1) is 10.5. The first-order valence-electron chi connectivity index (χ1n) is 6.43. The summed E-state index contributed by atoms with van der Waals surface area (Å²) in [6, 6.07) is 7.70. The maximum atomic E-state index is 13.0. The quantitative estimate of drug-likeness (QED) is 0.693. The first kappa shape index (κ1) is 15.9. The smallest absolute Gasteiger partial charge is 0.234 e. The Hall–Kier alpha value is -2.46. The van der Waals surface area contributed by atoms with Gasteiger partial charge in [0, 0.05) is 5.69 Å². The van der Waals surface area contributed by atoms with Crippen LogP contribution in [-0.4, -0.2) is 21.6 Å². The van der Waals surface area contributed by atoms with E-state index in [0.29, 0.717) is 27.8 Å². The molecule has 22 heavy (non-hydrogen) atoms. The molecule has 0 aliphatic carbocycles. The van der Waals surface area contributed by atoms with Gasteiger partial charge < -0.3 is 5.32 Å². The highest BCUT2D eigenvalue weighted by molar-refractivity contribution is 8.00. The highest BCUT2D eigenvalue weighted by atomic mass is 32.2. The number of aryl methyl sites for hydroxylation is 2. The molecule has 0 saturated heterocycles. The average molecular weight is 316 g/mol. The lowest BCUT2D eigenvalue weighted by molar-refractivity contribution is -0.113. The molecule has 0 atom stereocenters. The molecule has 2 rings (SSSR count). The topological polar surface area (TPSA) is 78.7 Å². The van der Waals surface area contributed by atoms with Crippen molar-refractivity contribution in [3.05, 3.63) is 47.2 Å². The third-order valence-corrected chi connectivity index (χ3v) is 3.70. The first-order valence-corrected chi connectivity index (χ1v) is 7.41. The maximum absolute atomic E-state index is 13.0. The normalized spacial score (nSPS) is 10.1. The fraction of sp³-hybridized carbons (Fsp3) is 0.200. The van der Waals surface area contributed by atoms with E-state index in [9.17, 15) is 9.18 Å². The summed E-state index contributed by atoms with van der Waals surface area (Å²) >= 11 is 1.15. The lowest BCUT2D eigenvalue weighted by Gasteiger charge is -2.07. The fourth-order valence-electron chi connectivity index (χ4n) is 1.81. The molecule has 0 fully saturated rings. The second-order valence-electron chi connectivity index (χ2n) is 4.50. The minimum atomic E-state index is -0.417. The summed E-state index contributed by atoms with van der Waals surface area (Å²) in [6.07, 6.45) is 0. The predicted octanol–water partition coefficient (Wildman–Crippen LogP) is 2.84. The van der Waals surface area contributed by atoms with Crippen LogP contribution in [0.5, 0.6) is 0 Å². The highest BCUT2D eigenvalue weighted by Gasteiger charge is 2.12. The van der Waals surface area contributed by atoms with Gasteiger partial charge in [0.25, 0.3) is 0 Å². The zero-order chi connectivity index (χ0) is 16.1. The number of nitrogens with one attached hydrogen (secondary N) is 1. The SMILES string of the molecule is Cc1nc(C)c(C#N)c(SCC(=O)Nc2cccc(F)c2)n1. The van der Waals surface area contributed by atoms with Gasteiger partial charge in [-0.15, -0.1) is 0 Å². The Morgan fingerprint density at radius 2 is 2.18 bits per heavy atom. The summed E-state index contributed by atoms with van der Waals surface area (Å²) in [5.41, 5.74) is 1.35. The number of benzene rings is 1. The third kappa shape index (κ3) is 4.02. The standard InChI is InChI=1S/C15H13FN4OS/c1-9-13(7-17)15(19-10(2)18-9)22-8-14(21)20-12-5-3-4-11(16)6-12/h3-6H,8H2,1-2H3,(H,20,21). The van der Waals surface area contributed by atoms with Crippen molar-refractivity contribution in [1.29, 1.82) is 5.26 Å². The molecular formula is C15H13FN4OS. The van der Waals surface area contributed by atoms with Crippen molar-refractivity contribution in [3.63, 3.8) is 0 Å². The molecule has 1 amide bonds. The van der Waals surface area contributed by atoms with Crippen molar-refractivity contribution < 1.29 is 9.18 Å². The third-order valence-electron chi connectivity index (χ3n) is 2.73. The van der Waals surface area contributed by atoms with Crippen molar-refractivity contribution in [3.8, 4) is 6.07 Å². The van der Waals surface area contributed by atoms with Crippen LogP contribution in [0.15, 0.2) is 29.3 Å². The molecule has 1 N–H and O–H groups in total. The Kier molecular flexibility index (Phi) is 5.07. The highest BCUT2D eigenvalue weighted by Crippen LogP contribution is 2.22. The molecule has 0 spiro atoms. The fourth-order valence-corrected chi connectivity index (χ4v) is 2.69. The van der Waals surface area contributed by atoms with E-state index in [1.807, 2.05) is 6.07 Å². The molecule has 2 aromatic rings. The predicted molar refractivity (Wildman–Crippen MR) is 82.0 cm³/mol. The van der Waals surface area contributed by atoms with Gasteiger partial charge in [0.15, 0.2) is 0 Å². The number of carbonyl (C=O) groups is 1. The molecule has 7 heteroatoms. The van der Waals surface area contributed by atoms with E-state index in [4.69, 9.17) is 5.26 Å². The minimum Gasteiger partial charge on any atom is -0.325 e. The molecular weight excluding hydrogens is 303 g/mol. The van der Waals surface area contributed by atoms with Crippen molar-refractivity contribution >= 4 is 23.4 Å². The van der Waals surface area contributed by atoms with E-state index in [1.165, 1.54) is 18.2 Å². The van der Waals surface area contributed by atoms with Gasteiger partial charge in [0.2, 0.25) is 5.91 Å². The van der Waals surface area contributed by atoms with Gasteiger partial charge in [-0.1, -0.05) is 17.8 Å². The maximum Gasteiger partial charge on any atom is 0.234 e. The second-order valence-corrected chi connectivity index (χ2v) is 5.46. The minimum absolute atomic E-state index is 0.0705. The molecule has 1 heterocycles. The number of anilines is 1. The monoisotopic (exact) mass is 316 g/mol. The van der Waals surface area contributed by atoms with Crippen molar-refractivity contribution in [1.82, 2.24) is 9.97 Å². The van der Waals surface area contributed by atoms with Gasteiger partial charge in [-0.05, 0) is 32.0 Å². The molecule has 112 valence electrons. The van der Waals surface area contributed by atoms with Crippen LogP contribution < -0.4 is 5.32 Å². The van der Waals surface area contributed by atoms with Gasteiger partial charge in [-0.25, -0.2) is 14.4 Å². The van der Waals surface area contributed by atoms with Crippen LogP contribution in [0.25, 0.3) is 0 Å². The summed E-state index contributed by atoms with van der Waals surface area (Å²) in [7, 11) is 0. The molecule has 0 saturated carbocycles. The molecule has 0 radical (unpaired) electrons. The van der Waals surface area contributed by atoms with Crippen LogP contribution in [-0.2, 0) is 4.79 Å². The van der Waals surface area contributed by atoms with Crippen molar-refractivity contribution in [2.45, 2.75) is 18.9 Å². The lowest BCUT2D eigenvalue weighted by Crippen LogP contribution is -2.14. The van der Waals surface area contributed by atoms with Crippen LogP contribution in [0.3, 0.4) is 0 Å². The van der Waals surface area contributed by atoms with Gasteiger partial charge in [-0.3, -0.25) is 4.79 Å². The molecule has 1 aromatic carbocycles. The van der Waals surface area contributed by atoms with Crippen LogP contribution in [0.4, 0.5) is 10.1 Å². The number of nitrogens with zero attached hydrogens (tertiary/aromatic N) is 3. The van der Waals surface area contributed by atoms with E-state index in [-0.39, 0.29) is 11.7 Å². The van der Waals surface area contributed by atoms with Gasteiger partial charge in [0.05, 0.1) is 11.4 Å². The number of hydrogen-bond acceptors (Lipinski definition) is 5. The Balaban J connectivity index is 2.04. The Morgan fingerprint density at radius 1 is 1.41 bits per heavy atom. The Labute approximate surface area is 131 Å². The van der Waals surface area contributed by atoms with Gasteiger partial charge in [-0.2, -0.15) is 5.26 Å². The summed E-state index contributed by atoms with van der Waals surface area (Å²) in [5.74, 6) is -0.0987. The summed E-state index contributed by atoms with van der Waals surface area (Å²) in [6.45, 7) is 3.45. The van der Waals surface area contributed by atoms with E-state index in [0.717, 1.165) is 11.8 Å². The van der Waals surface area contributed by atoms with Gasteiger partial charge in [0.1, 0.15) is 28.3 Å². The molecule has 0 unspecified atom stereocenters. The zero-order valence-electron chi connectivity index (χ0n) is 12.1. The van der Waals surface area contributed by atoms with E-state index in [1.54, 1.807) is 19.9 Å². The van der Waals surface area contributed by atoms with Crippen LogP contribution in [0.1, 0.15) is 17.1 Å². The van der Waals surface area contributed by atoms with E-state index in [2.05, 4.69) is 15.3 Å². The zero-order valence-corrected chi connectivity index (χ0v) is 12.9. The summed E-state index contributed by atoms with van der Waals surface area (Å²) < 4.78 is 13.0. The molecule has 1 aromatic heterocycles. The molecule has 0 aliphatic rings. The number of carbonyl (C=O) groups excluding carboxylic acids is 1. The number of amides is 1. The largest absolute Gasteiger partial charge is 0.325 e. The summed E-state index contributed by atoms with van der Waals surface area (Å²) in [4.78, 5) is 20.2.